The smallest absolute Gasteiger partial charge is 0.308 e. The van der Waals surface area contributed by atoms with Gasteiger partial charge in [0.25, 0.3) is 0 Å². The molecule has 0 saturated heterocycles. The highest BCUT2D eigenvalue weighted by Gasteiger charge is 2.26. The summed E-state index contributed by atoms with van der Waals surface area (Å²) < 4.78 is 5.15. The van der Waals surface area contributed by atoms with Crippen molar-refractivity contribution in [1.29, 1.82) is 0 Å². The Balaban J connectivity index is 1.85. The molecule has 0 atom stereocenters. The standard InChI is InChI=1S/C11H19ClO2/c12-8-3-1-2-4-9-14-11(13)10-6-5-7-10/h10H,1-9H2. The van der Waals surface area contributed by atoms with E-state index in [9.17, 15) is 4.79 Å². The quantitative estimate of drug-likeness (QED) is 0.373. The van der Waals surface area contributed by atoms with Crippen molar-refractivity contribution >= 4 is 17.6 Å². The molecule has 0 N–H and O–H groups in total. The molecule has 0 bridgehead atoms. The Kier molecular flexibility index (Phi) is 6.00. The van der Waals surface area contributed by atoms with Crippen LogP contribution in [0.25, 0.3) is 0 Å². The molecule has 82 valence electrons. The van der Waals surface area contributed by atoms with Crippen LogP contribution < -0.4 is 0 Å². The van der Waals surface area contributed by atoms with Gasteiger partial charge >= 0.3 is 5.97 Å². The van der Waals surface area contributed by atoms with E-state index in [-0.39, 0.29) is 11.9 Å². The summed E-state index contributed by atoms with van der Waals surface area (Å²) >= 11 is 5.55. The van der Waals surface area contributed by atoms with Crippen molar-refractivity contribution in [3.05, 3.63) is 0 Å². The Labute approximate surface area is 91.0 Å². The van der Waals surface area contributed by atoms with Crippen molar-refractivity contribution in [2.24, 2.45) is 5.92 Å². The van der Waals surface area contributed by atoms with E-state index < -0.39 is 0 Å². The van der Waals surface area contributed by atoms with Crippen LogP contribution in [0.15, 0.2) is 0 Å². The van der Waals surface area contributed by atoms with E-state index in [0.717, 1.165) is 44.4 Å². The monoisotopic (exact) mass is 218 g/mol. The Bertz CT molecular complexity index is 167. The number of alkyl halides is 1. The lowest BCUT2D eigenvalue weighted by molar-refractivity contribution is -0.151. The predicted molar refractivity (Wildman–Crippen MR) is 57.5 cm³/mol. The zero-order chi connectivity index (χ0) is 10.2. The van der Waals surface area contributed by atoms with E-state index in [4.69, 9.17) is 16.3 Å². The average Bonchev–Trinajstić information content (AvgIpc) is 2.08. The van der Waals surface area contributed by atoms with Crippen LogP contribution in [-0.4, -0.2) is 18.5 Å². The molecular formula is C11H19ClO2. The van der Waals surface area contributed by atoms with Gasteiger partial charge < -0.3 is 4.74 Å². The lowest BCUT2D eigenvalue weighted by atomic mass is 9.86. The topological polar surface area (TPSA) is 26.3 Å². The minimum atomic E-state index is 0.0218. The molecule has 1 saturated carbocycles. The summed E-state index contributed by atoms with van der Waals surface area (Å²) in [6.45, 7) is 0.595. The van der Waals surface area contributed by atoms with Crippen LogP contribution >= 0.6 is 11.6 Å². The van der Waals surface area contributed by atoms with Crippen molar-refractivity contribution in [1.82, 2.24) is 0 Å². The molecule has 0 unspecified atom stereocenters. The maximum absolute atomic E-state index is 11.3. The molecular weight excluding hydrogens is 200 g/mol. The number of hydrogen-bond donors (Lipinski definition) is 0. The fraction of sp³-hybridized carbons (Fsp3) is 0.909. The van der Waals surface area contributed by atoms with Gasteiger partial charge in [0.1, 0.15) is 0 Å². The number of carbonyl (C=O) groups excluding carboxylic acids is 1. The van der Waals surface area contributed by atoms with E-state index in [1.807, 2.05) is 0 Å². The van der Waals surface area contributed by atoms with E-state index >= 15 is 0 Å². The fourth-order valence-corrected chi connectivity index (χ4v) is 1.67. The molecule has 14 heavy (non-hydrogen) atoms. The number of ether oxygens (including phenoxy) is 1. The third kappa shape index (κ3) is 4.32. The van der Waals surface area contributed by atoms with E-state index in [0.29, 0.717) is 6.61 Å². The fourth-order valence-electron chi connectivity index (χ4n) is 1.48. The molecule has 0 aliphatic heterocycles. The summed E-state index contributed by atoms with van der Waals surface area (Å²) in [5.41, 5.74) is 0. The maximum atomic E-state index is 11.3. The molecule has 3 heteroatoms. The maximum Gasteiger partial charge on any atom is 0.308 e. The zero-order valence-corrected chi connectivity index (χ0v) is 9.39. The van der Waals surface area contributed by atoms with Crippen LogP contribution in [-0.2, 0) is 9.53 Å². The Hall–Kier alpha value is -0.240. The first kappa shape index (κ1) is 11.8. The highest BCUT2D eigenvalue weighted by atomic mass is 35.5. The van der Waals surface area contributed by atoms with Gasteiger partial charge in [0.2, 0.25) is 0 Å². The van der Waals surface area contributed by atoms with Crippen LogP contribution in [0.5, 0.6) is 0 Å². The van der Waals surface area contributed by atoms with Gasteiger partial charge in [-0.15, -0.1) is 11.6 Å². The van der Waals surface area contributed by atoms with Gasteiger partial charge in [-0.05, 0) is 25.7 Å². The van der Waals surface area contributed by atoms with Gasteiger partial charge in [-0.3, -0.25) is 4.79 Å². The second-order valence-electron chi connectivity index (χ2n) is 3.90. The minimum absolute atomic E-state index is 0.0218. The third-order valence-corrected chi connectivity index (χ3v) is 2.98. The van der Waals surface area contributed by atoms with Gasteiger partial charge in [0.15, 0.2) is 0 Å². The molecule has 0 radical (unpaired) electrons. The highest BCUT2D eigenvalue weighted by Crippen LogP contribution is 2.27. The molecule has 0 amide bonds. The van der Waals surface area contributed by atoms with Crippen molar-refractivity contribution in [2.75, 3.05) is 12.5 Å². The summed E-state index contributed by atoms with van der Waals surface area (Å²) in [5.74, 6) is 0.980. The SMILES string of the molecule is O=C(OCCCCCCCl)C1CCC1. The zero-order valence-electron chi connectivity index (χ0n) is 8.64. The summed E-state index contributed by atoms with van der Waals surface area (Å²) in [7, 11) is 0. The predicted octanol–water partition coefficient (Wildman–Crippen LogP) is 3.13. The highest BCUT2D eigenvalue weighted by molar-refractivity contribution is 6.17. The van der Waals surface area contributed by atoms with Crippen LogP contribution in [0.4, 0.5) is 0 Å². The van der Waals surface area contributed by atoms with E-state index in [1.54, 1.807) is 0 Å². The van der Waals surface area contributed by atoms with Crippen molar-refractivity contribution < 1.29 is 9.53 Å². The number of unbranched alkanes of at least 4 members (excludes halogenated alkanes) is 3. The van der Waals surface area contributed by atoms with Crippen molar-refractivity contribution in [2.45, 2.75) is 44.9 Å². The Morgan fingerprint density at radius 2 is 1.93 bits per heavy atom. The van der Waals surface area contributed by atoms with Gasteiger partial charge in [0.05, 0.1) is 12.5 Å². The first-order valence-electron chi connectivity index (χ1n) is 5.57. The number of carbonyl (C=O) groups is 1. The van der Waals surface area contributed by atoms with Crippen LogP contribution in [0.2, 0.25) is 0 Å². The van der Waals surface area contributed by atoms with Crippen LogP contribution in [0.3, 0.4) is 0 Å². The largest absolute Gasteiger partial charge is 0.465 e. The second kappa shape index (κ2) is 7.10. The average molecular weight is 219 g/mol. The number of halogens is 1. The number of hydrogen-bond acceptors (Lipinski definition) is 2. The Morgan fingerprint density at radius 3 is 2.50 bits per heavy atom. The number of rotatable bonds is 7. The molecule has 1 rings (SSSR count). The summed E-state index contributed by atoms with van der Waals surface area (Å²) in [6, 6.07) is 0. The molecule has 0 heterocycles. The molecule has 2 nitrogen and oxygen atoms in total. The first-order chi connectivity index (χ1) is 6.84. The van der Waals surface area contributed by atoms with E-state index in [2.05, 4.69) is 0 Å². The normalized spacial score (nSPS) is 16.4. The molecule has 0 aromatic heterocycles. The number of esters is 1. The lowest BCUT2D eigenvalue weighted by Crippen LogP contribution is -2.24. The molecule has 1 aliphatic carbocycles. The van der Waals surface area contributed by atoms with Crippen LogP contribution in [0, 0.1) is 5.92 Å². The van der Waals surface area contributed by atoms with Gasteiger partial charge in [0, 0.05) is 5.88 Å². The van der Waals surface area contributed by atoms with Crippen molar-refractivity contribution in [3.63, 3.8) is 0 Å². The minimum Gasteiger partial charge on any atom is -0.465 e. The summed E-state index contributed by atoms with van der Waals surface area (Å²) in [6.07, 6.45) is 7.56. The summed E-state index contributed by atoms with van der Waals surface area (Å²) in [5, 5.41) is 0. The lowest BCUT2D eigenvalue weighted by Gasteiger charge is -2.22. The second-order valence-corrected chi connectivity index (χ2v) is 4.28. The third-order valence-electron chi connectivity index (χ3n) is 2.71. The molecule has 0 aromatic rings. The van der Waals surface area contributed by atoms with Gasteiger partial charge in [-0.2, -0.15) is 0 Å². The van der Waals surface area contributed by atoms with E-state index in [1.165, 1.54) is 6.42 Å². The molecule has 0 aromatic carbocycles. The summed E-state index contributed by atoms with van der Waals surface area (Å²) in [4.78, 5) is 11.3. The Morgan fingerprint density at radius 1 is 1.21 bits per heavy atom. The van der Waals surface area contributed by atoms with Crippen LogP contribution in [0.1, 0.15) is 44.9 Å². The first-order valence-corrected chi connectivity index (χ1v) is 6.10. The molecule has 1 fully saturated rings. The van der Waals surface area contributed by atoms with Gasteiger partial charge in [-0.25, -0.2) is 0 Å². The van der Waals surface area contributed by atoms with Crippen molar-refractivity contribution in [3.8, 4) is 0 Å². The molecule has 1 aliphatic rings. The molecule has 0 spiro atoms. The van der Waals surface area contributed by atoms with Gasteiger partial charge in [-0.1, -0.05) is 19.3 Å².